The van der Waals surface area contributed by atoms with E-state index in [0.717, 1.165) is 11.3 Å². The van der Waals surface area contributed by atoms with Gasteiger partial charge in [0.25, 0.3) is 0 Å². The van der Waals surface area contributed by atoms with Gasteiger partial charge >= 0.3 is 0 Å². The van der Waals surface area contributed by atoms with Crippen molar-refractivity contribution in [3.05, 3.63) is 29.8 Å². The Bertz CT molecular complexity index is 608. The Hall–Kier alpha value is -1.14. The van der Waals surface area contributed by atoms with E-state index in [4.69, 9.17) is 23.7 Å². The Morgan fingerprint density at radius 3 is 2.38 bits per heavy atom. The molecule has 29 heavy (non-hydrogen) atoms. The topological polar surface area (TPSA) is 46.2 Å². The summed E-state index contributed by atoms with van der Waals surface area (Å²) in [5.74, 6) is 1.04. The fourth-order valence-electron chi connectivity index (χ4n) is 4.74. The Morgan fingerprint density at radius 1 is 1.07 bits per heavy atom. The van der Waals surface area contributed by atoms with Crippen LogP contribution in [-0.2, 0) is 25.6 Å². The number of ether oxygens (including phenoxy) is 5. The van der Waals surface area contributed by atoms with Crippen LogP contribution < -0.4 is 4.74 Å². The first-order valence-corrected chi connectivity index (χ1v) is 11.0. The number of hydrogen-bond donors (Lipinski definition) is 0. The summed E-state index contributed by atoms with van der Waals surface area (Å²) in [6.07, 6.45) is 6.36. The first-order valence-electron chi connectivity index (χ1n) is 11.0. The highest BCUT2D eigenvalue weighted by Gasteiger charge is 2.44. The van der Waals surface area contributed by atoms with E-state index in [2.05, 4.69) is 19.1 Å². The van der Waals surface area contributed by atoms with E-state index in [0.29, 0.717) is 19.1 Å². The quantitative estimate of drug-likeness (QED) is 0.610. The molecule has 0 unspecified atom stereocenters. The molecule has 0 N–H and O–H groups in total. The zero-order chi connectivity index (χ0) is 20.9. The van der Waals surface area contributed by atoms with Crippen LogP contribution in [0.15, 0.2) is 24.3 Å². The smallest absolute Gasteiger partial charge is 0.163 e. The second-order valence-electron chi connectivity index (χ2n) is 8.95. The van der Waals surface area contributed by atoms with Gasteiger partial charge in [0.05, 0.1) is 32.5 Å². The van der Waals surface area contributed by atoms with E-state index in [1.54, 1.807) is 14.2 Å². The highest BCUT2D eigenvalue weighted by molar-refractivity contribution is 5.26. The maximum Gasteiger partial charge on any atom is 0.163 e. The van der Waals surface area contributed by atoms with Gasteiger partial charge in [-0.1, -0.05) is 38.3 Å². The first-order chi connectivity index (χ1) is 13.9. The largest absolute Gasteiger partial charge is 0.497 e. The van der Waals surface area contributed by atoms with Gasteiger partial charge in [-0.2, -0.15) is 0 Å². The van der Waals surface area contributed by atoms with Crippen LogP contribution in [0.2, 0.25) is 0 Å². The summed E-state index contributed by atoms with van der Waals surface area (Å²) >= 11 is 0. The molecule has 0 amide bonds. The van der Waals surface area contributed by atoms with Gasteiger partial charge in [-0.3, -0.25) is 0 Å². The second-order valence-corrected chi connectivity index (χ2v) is 8.95. The second kappa shape index (κ2) is 10.3. The van der Waals surface area contributed by atoms with Gasteiger partial charge in [0.15, 0.2) is 5.79 Å². The van der Waals surface area contributed by atoms with Gasteiger partial charge in [-0.15, -0.1) is 0 Å². The van der Waals surface area contributed by atoms with E-state index < -0.39 is 5.79 Å². The fourth-order valence-corrected chi connectivity index (χ4v) is 4.74. The van der Waals surface area contributed by atoms with E-state index >= 15 is 0 Å². The molecule has 1 aliphatic heterocycles. The summed E-state index contributed by atoms with van der Waals surface area (Å²) in [7, 11) is 3.43. The van der Waals surface area contributed by atoms with Crippen molar-refractivity contribution in [2.24, 2.45) is 11.8 Å². The standard InChI is InChI=1S/C24H38O5/c1-17(23-21(26-5)16-28-24(2,3)29-23)22(19-9-7-6-8-10-19)27-15-18-11-13-20(25-4)14-12-18/h11-14,17,19,21-23H,6-10,15-16H2,1-5H3/t17-,21-,22-,23+/m0/s1. The Kier molecular flexibility index (Phi) is 7.97. The van der Waals surface area contributed by atoms with Crippen LogP contribution in [0.25, 0.3) is 0 Å². The molecule has 1 heterocycles. The van der Waals surface area contributed by atoms with Gasteiger partial charge in [-0.25, -0.2) is 0 Å². The van der Waals surface area contributed by atoms with Gasteiger partial charge < -0.3 is 23.7 Å². The zero-order valence-electron chi connectivity index (χ0n) is 18.7. The molecule has 2 fully saturated rings. The van der Waals surface area contributed by atoms with Crippen molar-refractivity contribution in [2.45, 2.75) is 83.6 Å². The van der Waals surface area contributed by atoms with E-state index in [-0.39, 0.29) is 24.2 Å². The average molecular weight is 407 g/mol. The van der Waals surface area contributed by atoms with Crippen LogP contribution >= 0.6 is 0 Å². The molecule has 5 heteroatoms. The molecule has 0 aromatic heterocycles. The van der Waals surface area contributed by atoms with E-state index in [1.165, 1.54) is 32.1 Å². The molecular weight excluding hydrogens is 368 g/mol. The summed E-state index contributed by atoms with van der Waals surface area (Å²) in [6.45, 7) is 7.36. The molecule has 164 valence electrons. The van der Waals surface area contributed by atoms with E-state index in [1.807, 2.05) is 26.0 Å². The van der Waals surface area contributed by atoms with Crippen LogP contribution in [0.4, 0.5) is 0 Å². The molecule has 3 rings (SSSR count). The van der Waals surface area contributed by atoms with E-state index in [9.17, 15) is 0 Å². The minimum absolute atomic E-state index is 0.0495. The van der Waals surface area contributed by atoms with Crippen molar-refractivity contribution in [3.63, 3.8) is 0 Å². The van der Waals surface area contributed by atoms with Crippen LogP contribution in [0, 0.1) is 11.8 Å². The zero-order valence-corrected chi connectivity index (χ0v) is 18.7. The molecule has 0 bridgehead atoms. The predicted molar refractivity (Wildman–Crippen MR) is 113 cm³/mol. The Morgan fingerprint density at radius 2 is 1.76 bits per heavy atom. The van der Waals surface area contributed by atoms with Gasteiger partial charge in [0.2, 0.25) is 0 Å². The normalized spacial score (nSPS) is 27.3. The molecule has 0 spiro atoms. The van der Waals surface area contributed by atoms with Gasteiger partial charge in [0.1, 0.15) is 11.9 Å². The number of benzene rings is 1. The van der Waals surface area contributed by atoms with Gasteiger partial charge in [-0.05, 0) is 50.3 Å². The van der Waals surface area contributed by atoms with Crippen LogP contribution in [-0.4, -0.2) is 44.9 Å². The Balaban J connectivity index is 1.74. The molecule has 1 saturated carbocycles. The van der Waals surface area contributed by atoms with Crippen LogP contribution in [0.5, 0.6) is 5.75 Å². The third-order valence-corrected chi connectivity index (χ3v) is 6.44. The SMILES string of the molecule is COc1ccc(CO[C@H](C2CCCCC2)[C@H](C)[C@H]2OC(C)(C)OC[C@@H]2OC)cc1. The maximum atomic E-state index is 6.60. The molecule has 2 aliphatic rings. The summed E-state index contributed by atoms with van der Waals surface area (Å²) in [5.41, 5.74) is 1.16. The number of methoxy groups -OCH3 is 2. The first kappa shape index (κ1) is 22.5. The van der Waals surface area contributed by atoms with Crippen molar-refractivity contribution in [1.82, 2.24) is 0 Å². The molecule has 1 saturated heterocycles. The van der Waals surface area contributed by atoms with Crippen molar-refractivity contribution in [2.75, 3.05) is 20.8 Å². The minimum Gasteiger partial charge on any atom is -0.497 e. The summed E-state index contributed by atoms with van der Waals surface area (Å²) in [4.78, 5) is 0. The van der Waals surface area contributed by atoms with Crippen molar-refractivity contribution < 1.29 is 23.7 Å². The lowest BCUT2D eigenvalue weighted by atomic mass is 9.78. The maximum absolute atomic E-state index is 6.60. The molecular formula is C24H38O5. The summed E-state index contributed by atoms with van der Waals surface area (Å²) < 4.78 is 29.8. The predicted octanol–water partition coefficient (Wildman–Crippen LogP) is 4.96. The molecule has 4 atom stereocenters. The molecule has 0 radical (unpaired) electrons. The molecule has 1 aliphatic carbocycles. The van der Waals surface area contributed by atoms with Gasteiger partial charge in [0, 0.05) is 13.0 Å². The lowest BCUT2D eigenvalue weighted by Gasteiger charge is -2.46. The molecule has 1 aromatic carbocycles. The minimum atomic E-state index is -0.596. The highest BCUT2D eigenvalue weighted by atomic mass is 16.7. The summed E-state index contributed by atoms with van der Waals surface area (Å²) in [6, 6.07) is 8.13. The van der Waals surface area contributed by atoms with Crippen molar-refractivity contribution in [3.8, 4) is 5.75 Å². The third-order valence-electron chi connectivity index (χ3n) is 6.44. The summed E-state index contributed by atoms with van der Waals surface area (Å²) in [5, 5.41) is 0. The van der Waals surface area contributed by atoms with Crippen LogP contribution in [0.1, 0.15) is 58.4 Å². The fraction of sp³-hybridized carbons (Fsp3) is 0.750. The third kappa shape index (κ3) is 5.94. The van der Waals surface area contributed by atoms with Crippen LogP contribution in [0.3, 0.4) is 0 Å². The lowest BCUT2D eigenvalue weighted by molar-refractivity contribution is -0.322. The number of rotatable bonds is 8. The molecule has 1 aromatic rings. The van der Waals surface area contributed by atoms with Crippen molar-refractivity contribution in [1.29, 1.82) is 0 Å². The molecule has 5 nitrogen and oxygen atoms in total. The lowest BCUT2D eigenvalue weighted by Crippen LogP contribution is -2.55. The van der Waals surface area contributed by atoms with Crippen molar-refractivity contribution >= 4 is 0 Å². The monoisotopic (exact) mass is 406 g/mol. The number of hydrogen-bond acceptors (Lipinski definition) is 5. The Labute approximate surface area is 176 Å². The highest BCUT2D eigenvalue weighted by Crippen LogP contribution is 2.37. The average Bonchev–Trinajstić information content (AvgIpc) is 2.74.